The minimum Gasteiger partial charge on any atom is -0.872 e. The summed E-state index contributed by atoms with van der Waals surface area (Å²) in [5, 5.41) is 21.9. The Bertz CT molecular complexity index is 676. The zero-order chi connectivity index (χ0) is 27.5. The maximum atomic E-state index is 11.0. The van der Waals surface area contributed by atoms with Crippen LogP contribution in [0.3, 0.4) is 0 Å². The summed E-state index contributed by atoms with van der Waals surface area (Å²) < 4.78 is 0. The van der Waals surface area contributed by atoms with Crippen molar-refractivity contribution in [3.8, 4) is 11.5 Å². The molecule has 0 aliphatic rings. The average Bonchev–Trinajstić information content (AvgIpc) is 2.93. The van der Waals surface area contributed by atoms with Crippen molar-refractivity contribution in [2.45, 2.75) is 155 Å². The van der Waals surface area contributed by atoms with Crippen LogP contribution < -0.4 is 10.2 Å². The molecular weight excluding hydrogens is 577 g/mol. The van der Waals surface area contributed by atoms with Crippen LogP contribution in [-0.4, -0.2) is 0 Å². The van der Waals surface area contributed by atoms with Crippen LogP contribution in [0.5, 0.6) is 11.5 Å². The summed E-state index contributed by atoms with van der Waals surface area (Å²) in [6, 6.07) is 14.6. The number of hydrogen-bond donors (Lipinski definition) is 0. The van der Waals surface area contributed by atoms with Gasteiger partial charge < -0.3 is 10.2 Å². The SMILES string of the molecule is CCCCCCCCCCCCc1ccc([O-])cc1.CCCCCCCCCCCCc1ccc([O-])cc1.[Cd+2]. The minimum absolute atomic E-state index is 0. The van der Waals surface area contributed by atoms with Gasteiger partial charge in [-0.25, -0.2) is 0 Å². The molecule has 2 nitrogen and oxygen atoms in total. The predicted octanol–water partition coefficient (Wildman–Crippen LogP) is 10.4. The molecule has 0 radical (unpaired) electrons. The fraction of sp³-hybridized carbons (Fsp3) is 0.667. The molecule has 0 atom stereocenters. The Balaban J connectivity index is 0.000000722. The normalized spacial score (nSPS) is 10.5. The van der Waals surface area contributed by atoms with E-state index in [-0.39, 0.29) is 38.8 Å². The molecule has 2 aromatic carbocycles. The van der Waals surface area contributed by atoms with Crippen molar-refractivity contribution in [3.05, 3.63) is 59.7 Å². The molecule has 0 aliphatic carbocycles. The van der Waals surface area contributed by atoms with Crippen LogP contribution in [0.2, 0.25) is 0 Å². The smallest absolute Gasteiger partial charge is 0.872 e. The van der Waals surface area contributed by atoms with Gasteiger partial charge in [-0.15, -0.1) is 11.5 Å². The van der Waals surface area contributed by atoms with Crippen LogP contribution in [0.1, 0.15) is 153 Å². The summed E-state index contributed by atoms with van der Waals surface area (Å²) in [6.07, 6.45) is 29.8. The van der Waals surface area contributed by atoms with Crippen LogP contribution in [0, 0.1) is 0 Å². The van der Waals surface area contributed by atoms with Gasteiger partial charge in [-0.05, 0) is 36.8 Å². The fourth-order valence-electron chi connectivity index (χ4n) is 4.95. The van der Waals surface area contributed by atoms with Gasteiger partial charge in [0.05, 0.1) is 0 Å². The molecule has 0 saturated carbocycles. The molecule has 3 heteroatoms. The third-order valence-electron chi connectivity index (χ3n) is 7.48. The maximum absolute atomic E-state index is 11.0. The van der Waals surface area contributed by atoms with Crippen LogP contribution in [-0.2, 0) is 40.1 Å². The number of benzene rings is 2. The summed E-state index contributed by atoms with van der Waals surface area (Å²) in [5.74, 6) is 0.235. The van der Waals surface area contributed by atoms with Gasteiger partial charge in [0, 0.05) is 0 Å². The second-order valence-electron chi connectivity index (χ2n) is 11.2. The molecule has 0 N–H and O–H groups in total. The van der Waals surface area contributed by atoms with Crippen molar-refractivity contribution in [1.29, 1.82) is 0 Å². The second kappa shape index (κ2) is 28.5. The number of aryl methyl sites for hydroxylation is 2. The molecular formula is C36H58CdO2. The van der Waals surface area contributed by atoms with Crippen molar-refractivity contribution in [3.63, 3.8) is 0 Å². The Morgan fingerprint density at radius 3 is 0.846 bits per heavy atom. The van der Waals surface area contributed by atoms with Crippen LogP contribution >= 0.6 is 0 Å². The third kappa shape index (κ3) is 24.5. The van der Waals surface area contributed by atoms with E-state index in [2.05, 4.69) is 13.8 Å². The maximum Gasteiger partial charge on any atom is 2.00 e. The molecule has 0 spiro atoms. The zero-order valence-corrected chi connectivity index (χ0v) is 29.7. The Morgan fingerprint density at radius 1 is 0.359 bits per heavy atom. The van der Waals surface area contributed by atoms with Gasteiger partial charge in [-0.1, -0.05) is 178 Å². The third-order valence-corrected chi connectivity index (χ3v) is 7.48. The number of unbranched alkanes of at least 4 members (excludes halogenated alkanes) is 18. The van der Waals surface area contributed by atoms with Crippen molar-refractivity contribution < 1.29 is 37.5 Å². The first-order valence-corrected chi connectivity index (χ1v) is 16.2. The quantitative estimate of drug-likeness (QED) is 0.0955. The molecule has 0 amide bonds. The van der Waals surface area contributed by atoms with Crippen LogP contribution in [0.25, 0.3) is 0 Å². The molecule has 0 aliphatic heterocycles. The largest absolute Gasteiger partial charge is 2.00 e. The Hall–Kier alpha value is -1.04. The van der Waals surface area contributed by atoms with E-state index in [1.807, 2.05) is 24.3 Å². The number of hydrogen-bond acceptors (Lipinski definition) is 2. The van der Waals surface area contributed by atoms with E-state index in [1.54, 1.807) is 24.3 Å². The topological polar surface area (TPSA) is 46.1 Å². The van der Waals surface area contributed by atoms with Gasteiger partial charge in [0.1, 0.15) is 0 Å². The van der Waals surface area contributed by atoms with Crippen LogP contribution in [0.4, 0.5) is 0 Å². The average molecular weight is 635 g/mol. The Morgan fingerprint density at radius 2 is 0.590 bits per heavy atom. The van der Waals surface area contributed by atoms with E-state index < -0.39 is 0 Å². The molecule has 2 aromatic rings. The molecule has 39 heavy (non-hydrogen) atoms. The summed E-state index contributed by atoms with van der Waals surface area (Å²) in [6.45, 7) is 4.54. The zero-order valence-electron chi connectivity index (χ0n) is 25.7. The summed E-state index contributed by atoms with van der Waals surface area (Å²) in [4.78, 5) is 0. The van der Waals surface area contributed by atoms with Gasteiger partial charge in [0.15, 0.2) is 0 Å². The van der Waals surface area contributed by atoms with Crippen molar-refractivity contribution in [2.75, 3.05) is 0 Å². The molecule has 0 fully saturated rings. The molecule has 2 rings (SSSR count). The summed E-state index contributed by atoms with van der Waals surface area (Å²) in [7, 11) is 0. The van der Waals surface area contributed by atoms with E-state index in [9.17, 15) is 10.2 Å². The van der Waals surface area contributed by atoms with E-state index in [0.717, 1.165) is 12.8 Å². The predicted molar refractivity (Wildman–Crippen MR) is 163 cm³/mol. The van der Waals surface area contributed by atoms with E-state index in [1.165, 1.54) is 140 Å². The number of rotatable bonds is 22. The summed E-state index contributed by atoms with van der Waals surface area (Å²) >= 11 is 0. The Labute approximate surface area is 262 Å². The van der Waals surface area contributed by atoms with E-state index in [0.29, 0.717) is 0 Å². The van der Waals surface area contributed by atoms with E-state index in [4.69, 9.17) is 0 Å². The van der Waals surface area contributed by atoms with Gasteiger partial charge in [-0.2, -0.15) is 0 Å². The standard InChI is InChI=1S/2C18H30O.Cd/c2*1-2-3-4-5-6-7-8-9-10-11-12-17-13-15-18(19)16-14-17;/h2*13-16,19H,2-12H2,1H3;/q;;+2/p-2. The van der Waals surface area contributed by atoms with Gasteiger partial charge in [-0.3, -0.25) is 0 Å². The minimum atomic E-state index is 0. The monoisotopic (exact) mass is 636 g/mol. The molecule has 0 heterocycles. The molecule has 0 saturated heterocycles. The second-order valence-corrected chi connectivity index (χ2v) is 11.2. The van der Waals surface area contributed by atoms with Crippen LogP contribution in [0.15, 0.2) is 48.5 Å². The van der Waals surface area contributed by atoms with Crippen molar-refractivity contribution in [1.82, 2.24) is 0 Å². The van der Waals surface area contributed by atoms with E-state index >= 15 is 0 Å². The molecule has 216 valence electrons. The van der Waals surface area contributed by atoms with Crippen molar-refractivity contribution in [2.24, 2.45) is 0 Å². The first-order chi connectivity index (χ1) is 18.7. The first kappa shape index (κ1) is 38.0. The fourth-order valence-corrected chi connectivity index (χ4v) is 4.95. The van der Waals surface area contributed by atoms with Crippen molar-refractivity contribution >= 4 is 0 Å². The van der Waals surface area contributed by atoms with Gasteiger partial charge in [0.2, 0.25) is 0 Å². The van der Waals surface area contributed by atoms with Gasteiger partial charge >= 0.3 is 27.3 Å². The molecule has 0 unspecified atom stereocenters. The first-order valence-electron chi connectivity index (χ1n) is 16.2. The van der Waals surface area contributed by atoms with Gasteiger partial charge in [0.25, 0.3) is 0 Å². The molecule has 0 bridgehead atoms. The summed E-state index contributed by atoms with van der Waals surface area (Å²) in [5.41, 5.74) is 2.61. The molecule has 0 aromatic heterocycles. The Kier molecular flexibility index (Phi) is 27.7.